The summed E-state index contributed by atoms with van der Waals surface area (Å²) in [4.78, 5) is 0. The number of hydrogen-bond donors (Lipinski definition) is 0. The Hall–Kier alpha value is -0.565. The van der Waals surface area contributed by atoms with Crippen molar-refractivity contribution in [1.82, 2.24) is 0 Å². The van der Waals surface area contributed by atoms with Crippen LogP contribution in [0.1, 0.15) is 11.1 Å². The van der Waals surface area contributed by atoms with Gasteiger partial charge in [-0.1, -0.05) is 6.42 Å². The zero-order chi connectivity index (χ0) is 9.38. The van der Waals surface area contributed by atoms with E-state index in [2.05, 4.69) is 24.3 Å². The SMILES string of the molecule is [Li+].[Li+].[c-]1cccc2c1Oc1[c-]cccc1C2. The van der Waals surface area contributed by atoms with E-state index in [0.717, 1.165) is 17.9 Å². The molecule has 0 radical (unpaired) electrons. The number of rotatable bonds is 0. The van der Waals surface area contributed by atoms with Crippen LogP contribution < -0.4 is 42.5 Å². The van der Waals surface area contributed by atoms with E-state index in [-0.39, 0.29) is 37.7 Å². The maximum atomic E-state index is 5.67. The van der Waals surface area contributed by atoms with Crippen molar-refractivity contribution < 1.29 is 42.5 Å². The average Bonchev–Trinajstić information content (AvgIpc) is 2.26. The van der Waals surface area contributed by atoms with Gasteiger partial charge in [0, 0.05) is 11.5 Å². The van der Waals surface area contributed by atoms with Gasteiger partial charge in [-0.2, -0.15) is 36.4 Å². The van der Waals surface area contributed by atoms with Crippen molar-refractivity contribution in [2.75, 3.05) is 0 Å². The third kappa shape index (κ3) is 2.40. The Bertz CT molecular complexity index is 395. The van der Waals surface area contributed by atoms with Gasteiger partial charge in [-0.15, -0.1) is 23.3 Å². The zero-order valence-electron chi connectivity index (χ0n) is 9.58. The summed E-state index contributed by atoms with van der Waals surface area (Å²) in [5.41, 5.74) is 2.39. The third-order valence-electron chi connectivity index (χ3n) is 2.38. The second-order valence-corrected chi connectivity index (χ2v) is 3.33. The second-order valence-electron chi connectivity index (χ2n) is 3.33. The molecule has 2 aromatic rings. The smallest absolute Gasteiger partial charge is 0.509 e. The Balaban J connectivity index is 0.000000640. The number of benzene rings is 2. The normalized spacial score (nSPS) is 11.0. The fourth-order valence-electron chi connectivity index (χ4n) is 1.69. The molecule has 0 unspecified atom stereocenters. The van der Waals surface area contributed by atoms with Gasteiger partial charge in [-0.25, -0.2) is 0 Å². The number of hydrogen-bond acceptors (Lipinski definition) is 1. The molecule has 0 amide bonds. The number of para-hydroxylation sites is 2. The van der Waals surface area contributed by atoms with Gasteiger partial charge in [-0.3, -0.25) is 0 Å². The van der Waals surface area contributed by atoms with Crippen molar-refractivity contribution >= 4 is 0 Å². The van der Waals surface area contributed by atoms with Crippen molar-refractivity contribution in [1.29, 1.82) is 0 Å². The molecule has 3 rings (SSSR count). The van der Waals surface area contributed by atoms with E-state index >= 15 is 0 Å². The van der Waals surface area contributed by atoms with E-state index < -0.39 is 0 Å². The topological polar surface area (TPSA) is 9.23 Å². The number of ether oxygens (including phenoxy) is 1. The molecule has 16 heavy (non-hydrogen) atoms. The predicted octanol–water partition coefficient (Wildman–Crippen LogP) is -3.01. The summed E-state index contributed by atoms with van der Waals surface area (Å²) in [6, 6.07) is 18.0. The summed E-state index contributed by atoms with van der Waals surface area (Å²) < 4.78 is 5.67. The van der Waals surface area contributed by atoms with Crippen LogP contribution in [0.2, 0.25) is 0 Å². The molecule has 1 aliphatic rings. The second kappa shape index (κ2) is 5.67. The van der Waals surface area contributed by atoms with Gasteiger partial charge in [0.15, 0.2) is 0 Å². The van der Waals surface area contributed by atoms with Crippen molar-refractivity contribution in [3.63, 3.8) is 0 Å². The molecule has 1 heterocycles. The van der Waals surface area contributed by atoms with E-state index in [1.54, 1.807) is 0 Å². The molecule has 0 fully saturated rings. The fraction of sp³-hybridized carbons (Fsp3) is 0.0769. The standard InChI is InChI=1S/C13H8O.2Li/c1-3-7-12-10(5-1)9-11-6-2-4-8-13(11)14-12;;/h1-6H,9H2;;/q-2;2*+1. The zero-order valence-corrected chi connectivity index (χ0v) is 9.58. The van der Waals surface area contributed by atoms with Crippen molar-refractivity contribution in [2.45, 2.75) is 6.42 Å². The molecule has 3 heteroatoms. The van der Waals surface area contributed by atoms with Crippen LogP contribution in [0, 0.1) is 12.1 Å². The summed E-state index contributed by atoms with van der Waals surface area (Å²) in [6.07, 6.45) is 0.916. The molecule has 0 aliphatic carbocycles. The molecule has 0 atom stereocenters. The first kappa shape index (κ1) is 13.5. The van der Waals surface area contributed by atoms with Gasteiger partial charge in [0.05, 0.1) is 0 Å². The Morgan fingerprint density at radius 1 is 0.875 bits per heavy atom. The van der Waals surface area contributed by atoms with E-state index in [9.17, 15) is 0 Å². The Labute approximate surface area is 120 Å². The van der Waals surface area contributed by atoms with Gasteiger partial charge >= 0.3 is 37.7 Å². The van der Waals surface area contributed by atoms with Crippen molar-refractivity contribution in [3.8, 4) is 11.5 Å². The molecule has 68 valence electrons. The maximum Gasteiger partial charge on any atom is 1.00 e. The first-order chi connectivity index (χ1) is 6.93. The van der Waals surface area contributed by atoms with Crippen LogP contribution in [0.3, 0.4) is 0 Å². The van der Waals surface area contributed by atoms with Crippen molar-refractivity contribution in [2.24, 2.45) is 0 Å². The molecular formula is C13H8Li2O. The summed E-state index contributed by atoms with van der Waals surface area (Å²) in [5, 5.41) is 0. The van der Waals surface area contributed by atoms with Gasteiger partial charge in [0.1, 0.15) is 0 Å². The fourth-order valence-corrected chi connectivity index (χ4v) is 1.69. The molecule has 0 aromatic heterocycles. The van der Waals surface area contributed by atoms with E-state index in [1.165, 1.54) is 11.1 Å². The molecule has 0 saturated carbocycles. The van der Waals surface area contributed by atoms with Gasteiger partial charge < -0.3 is 4.74 Å². The maximum absolute atomic E-state index is 5.67. The first-order valence-electron chi connectivity index (χ1n) is 4.60. The largest absolute Gasteiger partial charge is 1.00 e. The van der Waals surface area contributed by atoms with Crippen LogP contribution >= 0.6 is 0 Å². The van der Waals surface area contributed by atoms with Crippen molar-refractivity contribution in [3.05, 3.63) is 59.7 Å². The molecule has 1 aliphatic heterocycles. The molecule has 1 nitrogen and oxygen atoms in total. The predicted molar refractivity (Wildman–Crippen MR) is 53.4 cm³/mol. The Morgan fingerprint density at radius 2 is 1.38 bits per heavy atom. The monoisotopic (exact) mass is 194 g/mol. The summed E-state index contributed by atoms with van der Waals surface area (Å²) >= 11 is 0. The molecule has 0 spiro atoms. The Morgan fingerprint density at radius 3 is 1.88 bits per heavy atom. The third-order valence-corrected chi connectivity index (χ3v) is 2.38. The van der Waals surface area contributed by atoms with E-state index in [1.807, 2.05) is 24.3 Å². The molecular weight excluding hydrogens is 186 g/mol. The minimum absolute atomic E-state index is 0. The van der Waals surface area contributed by atoms with Gasteiger partial charge in [-0.05, 0) is 0 Å². The minimum Gasteiger partial charge on any atom is -0.509 e. The minimum atomic E-state index is 0. The molecule has 0 saturated heterocycles. The molecule has 2 aromatic carbocycles. The van der Waals surface area contributed by atoms with Crippen LogP contribution in [0.15, 0.2) is 36.4 Å². The van der Waals surface area contributed by atoms with Crippen LogP contribution in [0.4, 0.5) is 0 Å². The van der Waals surface area contributed by atoms with E-state index in [0.29, 0.717) is 0 Å². The average molecular weight is 194 g/mol. The van der Waals surface area contributed by atoms with Gasteiger partial charge in [0.25, 0.3) is 0 Å². The van der Waals surface area contributed by atoms with Crippen LogP contribution in [-0.4, -0.2) is 0 Å². The van der Waals surface area contributed by atoms with Crippen LogP contribution in [-0.2, 0) is 6.42 Å². The Kier molecular flexibility index (Phi) is 4.78. The first-order valence-corrected chi connectivity index (χ1v) is 4.60. The molecule has 0 N–H and O–H groups in total. The summed E-state index contributed by atoms with van der Waals surface area (Å²) in [7, 11) is 0. The summed E-state index contributed by atoms with van der Waals surface area (Å²) in [5.74, 6) is 1.67. The summed E-state index contributed by atoms with van der Waals surface area (Å²) in [6.45, 7) is 0. The number of fused-ring (bicyclic) bond motifs is 2. The quantitative estimate of drug-likeness (QED) is 0.273. The van der Waals surface area contributed by atoms with Gasteiger partial charge in [0.2, 0.25) is 0 Å². The van der Waals surface area contributed by atoms with Crippen LogP contribution in [0.5, 0.6) is 11.5 Å². The molecule has 0 bridgehead atoms. The van der Waals surface area contributed by atoms with E-state index in [4.69, 9.17) is 4.74 Å². The van der Waals surface area contributed by atoms with Crippen LogP contribution in [0.25, 0.3) is 0 Å².